The monoisotopic (exact) mass is 278 g/mol. The molecule has 0 aliphatic carbocycles. The highest BCUT2D eigenvalue weighted by molar-refractivity contribution is 7.20. The van der Waals surface area contributed by atoms with Crippen molar-refractivity contribution < 1.29 is 9.53 Å². The molecule has 1 amide bonds. The van der Waals surface area contributed by atoms with Crippen LogP contribution < -0.4 is 11.1 Å². The number of nitrogen functional groups attached to an aromatic ring is 1. The lowest BCUT2D eigenvalue weighted by molar-refractivity contribution is 0.0824. The molecule has 0 fully saturated rings. The van der Waals surface area contributed by atoms with E-state index in [1.165, 1.54) is 11.3 Å². The summed E-state index contributed by atoms with van der Waals surface area (Å²) in [6.07, 6.45) is 0. The van der Waals surface area contributed by atoms with Gasteiger partial charge in [0.05, 0.1) is 17.0 Å². The first-order valence-electron chi connectivity index (χ1n) is 6.02. The zero-order valence-corrected chi connectivity index (χ0v) is 12.1. The van der Waals surface area contributed by atoms with Crippen LogP contribution in [0.4, 0.5) is 5.69 Å². The second kappa shape index (κ2) is 5.19. The van der Waals surface area contributed by atoms with Gasteiger partial charge in [0.1, 0.15) is 0 Å². The van der Waals surface area contributed by atoms with Crippen molar-refractivity contribution in [1.82, 2.24) is 5.32 Å². The molecule has 2 rings (SSSR count). The molecule has 0 radical (unpaired) electrons. The number of carbonyl (C=O) groups excluding carboxylic acids is 1. The molecule has 0 saturated carbocycles. The first-order valence-corrected chi connectivity index (χ1v) is 6.83. The van der Waals surface area contributed by atoms with Crippen molar-refractivity contribution in [3.8, 4) is 0 Å². The van der Waals surface area contributed by atoms with Crippen LogP contribution in [0.25, 0.3) is 10.1 Å². The first-order chi connectivity index (χ1) is 8.91. The summed E-state index contributed by atoms with van der Waals surface area (Å²) in [7, 11) is 1.62. The number of amides is 1. The highest BCUT2D eigenvalue weighted by atomic mass is 32.1. The van der Waals surface area contributed by atoms with E-state index in [0.717, 1.165) is 10.1 Å². The second-order valence-electron chi connectivity index (χ2n) is 5.18. The van der Waals surface area contributed by atoms with E-state index in [1.54, 1.807) is 7.11 Å². The number of fused-ring (bicyclic) bond motifs is 1. The van der Waals surface area contributed by atoms with Gasteiger partial charge in [-0.25, -0.2) is 0 Å². The van der Waals surface area contributed by atoms with E-state index in [9.17, 15) is 4.79 Å². The van der Waals surface area contributed by atoms with Crippen LogP contribution in [0.5, 0.6) is 0 Å². The number of nitrogens with two attached hydrogens (primary N) is 1. The van der Waals surface area contributed by atoms with Gasteiger partial charge in [-0.1, -0.05) is 0 Å². The molecule has 1 aromatic carbocycles. The molecular formula is C14H18N2O2S. The average Bonchev–Trinajstić information content (AvgIpc) is 2.71. The fourth-order valence-corrected chi connectivity index (χ4v) is 2.88. The van der Waals surface area contributed by atoms with Gasteiger partial charge in [0.25, 0.3) is 5.91 Å². The number of thiophene rings is 1. The summed E-state index contributed by atoms with van der Waals surface area (Å²) >= 11 is 1.46. The van der Waals surface area contributed by atoms with E-state index in [0.29, 0.717) is 17.2 Å². The second-order valence-corrected chi connectivity index (χ2v) is 6.26. The number of hydrogen-bond donors (Lipinski definition) is 2. The van der Waals surface area contributed by atoms with Crippen molar-refractivity contribution in [1.29, 1.82) is 0 Å². The minimum absolute atomic E-state index is 0.0816. The summed E-state index contributed by atoms with van der Waals surface area (Å²) in [6.45, 7) is 4.33. The third-order valence-electron chi connectivity index (χ3n) is 2.72. The van der Waals surface area contributed by atoms with Crippen LogP contribution in [0.1, 0.15) is 23.5 Å². The minimum Gasteiger partial charge on any atom is -0.399 e. The molecular weight excluding hydrogens is 260 g/mol. The zero-order chi connectivity index (χ0) is 14.0. The number of ether oxygens (including phenoxy) is 1. The van der Waals surface area contributed by atoms with Gasteiger partial charge in [-0.2, -0.15) is 0 Å². The van der Waals surface area contributed by atoms with Crippen molar-refractivity contribution >= 4 is 33.0 Å². The summed E-state index contributed by atoms with van der Waals surface area (Å²) in [6, 6.07) is 7.53. The quantitative estimate of drug-likeness (QED) is 0.845. The van der Waals surface area contributed by atoms with Crippen LogP contribution in [0, 0.1) is 0 Å². The van der Waals surface area contributed by atoms with Crippen molar-refractivity contribution in [2.75, 3.05) is 19.5 Å². The van der Waals surface area contributed by atoms with Gasteiger partial charge in [0, 0.05) is 17.5 Å². The number of nitrogens with one attached hydrogen (secondary N) is 1. The number of rotatable bonds is 4. The lowest BCUT2D eigenvalue weighted by atomic mass is 10.1. The molecule has 0 unspecified atom stereocenters. The van der Waals surface area contributed by atoms with Crippen molar-refractivity contribution in [3.05, 3.63) is 29.1 Å². The molecule has 19 heavy (non-hydrogen) atoms. The highest BCUT2D eigenvalue weighted by Gasteiger charge is 2.22. The highest BCUT2D eigenvalue weighted by Crippen LogP contribution is 2.27. The molecule has 4 nitrogen and oxygen atoms in total. The van der Waals surface area contributed by atoms with Crippen LogP contribution >= 0.6 is 11.3 Å². The first kappa shape index (κ1) is 13.8. The Morgan fingerprint density at radius 1 is 1.42 bits per heavy atom. The molecule has 1 aromatic heterocycles. The van der Waals surface area contributed by atoms with Gasteiger partial charge < -0.3 is 15.8 Å². The Morgan fingerprint density at radius 3 is 2.84 bits per heavy atom. The largest absolute Gasteiger partial charge is 0.399 e. The summed E-state index contributed by atoms with van der Waals surface area (Å²) in [5.41, 5.74) is 6.06. The van der Waals surface area contributed by atoms with E-state index < -0.39 is 0 Å². The van der Waals surface area contributed by atoms with Crippen LogP contribution in [0.15, 0.2) is 24.3 Å². The third kappa shape index (κ3) is 3.24. The minimum atomic E-state index is -0.388. The van der Waals surface area contributed by atoms with Gasteiger partial charge in [-0.05, 0) is 43.5 Å². The SMILES string of the molecule is COCC(C)(C)NC(=O)c1cc2cc(N)ccc2s1. The Kier molecular flexibility index (Phi) is 3.78. The fraction of sp³-hybridized carbons (Fsp3) is 0.357. The molecule has 0 bridgehead atoms. The van der Waals surface area contributed by atoms with E-state index in [1.807, 2.05) is 38.1 Å². The smallest absolute Gasteiger partial charge is 0.261 e. The van der Waals surface area contributed by atoms with E-state index in [2.05, 4.69) is 5.32 Å². The Hall–Kier alpha value is -1.59. The molecule has 0 atom stereocenters. The van der Waals surface area contributed by atoms with Crippen LogP contribution in [0.3, 0.4) is 0 Å². The number of methoxy groups -OCH3 is 1. The van der Waals surface area contributed by atoms with Crippen LogP contribution in [0.2, 0.25) is 0 Å². The number of hydrogen-bond acceptors (Lipinski definition) is 4. The van der Waals surface area contributed by atoms with Gasteiger partial charge in [-0.3, -0.25) is 4.79 Å². The molecule has 5 heteroatoms. The molecule has 2 aromatic rings. The molecule has 3 N–H and O–H groups in total. The maximum absolute atomic E-state index is 12.2. The standard InChI is InChI=1S/C14H18N2O2S/c1-14(2,8-18-3)16-13(17)12-7-9-6-10(15)4-5-11(9)19-12/h4-7H,8,15H2,1-3H3,(H,16,17). The third-order valence-corrected chi connectivity index (χ3v) is 3.84. The normalized spacial score (nSPS) is 11.7. The lowest BCUT2D eigenvalue weighted by Gasteiger charge is -2.24. The summed E-state index contributed by atoms with van der Waals surface area (Å²) in [5, 5.41) is 3.96. The average molecular weight is 278 g/mol. The number of carbonyl (C=O) groups is 1. The maximum atomic E-state index is 12.2. The predicted molar refractivity (Wildman–Crippen MR) is 79.7 cm³/mol. The van der Waals surface area contributed by atoms with Gasteiger partial charge in [0.15, 0.2) is 0 Å². The maximum Gasteiger partial charge on any atom is 0.261 e. The molecule has 0 aliphatic heterocycles. The summed E-state index contributed by atoms with van der Waals surface area (Å²) in [5.74, 6) is -0.0816. The zero-order valence-electron chi connectivity index (χ0n) is 11.3. The predicted octanol–water partition coefficient (Wildman–Crippen LogP) is 2.64. The fourth-order valence-electron chi connectivity index (χ4n) is 1.94. The molecule has 1 heterocycles. The van der Waals surface area contributed by atoms with Crippen molar-refractivity contribution in [2.45, 2.75) is 19.4 Å². The van der Waals surface area contributed by atoms with Crippen molar-refractivity contribution in [2.24, 2.45) is 0 Å². The van der Waals surface area contributed by atoms with Crippen LogP contribution in [-0.2, 0) is 4.74 Å². The van der Waals surface area contributed by atoms with E-state index in [-0.39, 0.29) is 11.4 Å². The van der Waals surface area contributed by atoms with Gasteiger partial charge >= 0.3 is 0 Å². The summed E-state index contributed by atoms with van der Waals surface area (Å²) < 4.78 is 6.15. The molecule has 0 spiro atoms. The van der Waals surface area contributed by atoms with Crippen LogP contribution in [-0.4, -0.2) is 25.2 Å². The molecule has 0 aliphatic rings. The van der Waals surface area contributed by atoms with E-state index >= 15 is 0 Å². The Labute approximate surface area is 116 Å². The number of benzene rings is 1. The van der Waals surface area contributed by atoms with E-state index in [4.69, 9.17) is 10.5 Å². The topological polar surface area (TPSA) is 64.3 Å². The Bertz CT molecular complexity index is 605. The van der Waals surface area contributed by atoms with Gasteiger partial charge in [0.2, 0.25) is 0 Å². The van der Waals surface area contributed by atoms with Crippen molar-refractivity contribution in [3.63, 3.8) is 0 Å². The molecule has 0 saturated heterocycles. The Morgan fingerprint density at radius 2 is 2.16 bits per heavy atom. The lowest BCUT2D eigenvalue weighted by Crippen LogP contribution is -2.46. The molecule has 102 valence electrons. The summed E-state index contributed by atoms with van der Waals surface area (Å²) in [4.78, 5) is 12.9. The van der Waals surface area contributed by atoms with Gasteiger partial charge in [-0.15, -0.1) is 11.3 Å². The Balaban J connectivity index is 2.22. The number of anilines is 1.